The minimum Gasteiger partial charge on any atom is -0.462 e. The summed E-state index contributed by atoms with van der Waals surface area (Å²) in [4.78, 5) is 23.7. The van der Waals surface area contributed by atoms with Crippen LogP contribution >= 0.6 is 0 Å². The molecule has 0 bridgehead atoms. The molecule has 4 heteroatoms. The van der Waals surface area contributed by atoms with Crippen molar-refractivity contribution in [1.29, 1.82) is 0 Å². The highest BCUT2D eigenvalue weighted by Crippen LogP contribution is 2.14. The summed E-state index contributed by atoms with van der Waals surface area (Å²) in [7, 11) is 0. The summed E-state index contributed by atoms with van der Waals surface area (Å²) >= 11 is 0. The van der Waals surface area contributed by atoms with Crippen LogP contribution in [-0.4, -0.2) is 24.6 Å². The largest absolute Gasteiger partial charge is 0.462 e. The predicted octanol–water partition coefficient (Wildman–Crippen LogP) is 3.72. The molecule has 0 radical (unpaired) electrons. The van der Waals surface area contributed by atoms with Crippen LogP contribution in [0.4, 0.5) is 0 Å². The molecule has 0 amide bonds. The lowest BCUT2D eigenvalue weighted by Crippen LogP contribution is -2.29. The van der Waals surface area contributed by atoms with E-state index >= 15 is 0 Å². The maximum absolute atomic E-state index is 11.9. The van der Waals surface area contributed by atoms with E-state index in [4.69, 9.17) is 9.47 Å². The second-order valence-corrected chi connectivity index (χ2v) is 5.12. The Bertz CT molecular complexity index is 280. The maximum atomic E-state index is 11.9. The monoisotopic (exact) mass is 286 g/mol. The molecule has 0 N–H and O–H groups in total. The van der Waals surface area contributed by atoms with E-state index in [0.717, 1.165) is 25.7 Å². The third kappa shape index (κ3) is 6.40. The molecule has 0 aliphatic carbocycles. The second kappa shape index (κ2) is 10.7. The van der Waals surface area contributed by atoms with Gasteiger partial charge in [-0.1, -0.05) is 34.6 Å². The number of hydrogen-bond donors (Lipinski definition) is 0. The molecule has 0 aliphatic heterocycles. The summed E-state index contributed by atoms with van der Waals surface area (Å²) in [6, 6.07) is 0. The van der Waals surface area contributed by atoms with Crippen LogP contribution in [0.25, 0.3) is 0 Å². The normalized spacial score (nSPS) is 12.6. The Labute approximate surface area is 123 Å². The van der Waals surface area contributed by atoms with Gasteiger partial charge in [0.1, 0.15) is 12.7 Å². The number of hydrogen-bond acceptors (Lipinski definition) is 4. The Hall–Kier alpha value is -1.06. The first kappa shape index (κ1) is 18.9. The molecule has 20 heavy (non-hydrogen) atoms. The molecule has 0 rings (SSSR count). The molecule has 4 nitrogen and oxygen atoms in total. The molecule has 0 heterocycles. The molecule has 0 aromatic carbocycles. The van der Waals surface area contributed by atoms with Gasteiger partial charge in [0.25, 0.3) is 0 Å². The average molecular weight is 286 g/mol. The van der Waals surface area contributed by atoms with E-state index in [1.807, 2.05) is 34.6 Å². The molecule has 1 atom stereocenters. The highest BCUT2D eigenvalue weighted by molar-refractivity contribution is 5.73. The first-order valence-electron chi connectivity index (χ1n) is 7.90. The van der Waals surface area contributed by atoms with Crippen molar-refractivity contribution in [2.24, 2.45) is 11.8 Å². The van der Waals surface area contributed by atoms with Gasteiger partial charge in [-0.2, -0.15) is 0 Å². The Morgan fingerprint density at radius 1 is 0.750 bits per heavy atom. The van der Waals surface area contributed by atoms with Gasteiger partial charge in [-0.05, 0) is 32.1 Å². The molecule has 1 unspecified atom stereocenters. The molecule has 0 spiro atoms. The van der Waals surface area contributed by atoms with Gasteiger partial charge in [-0.3, -0.25) is 9.59 Å². The number of ether oxygens (including phenoxy) is 2. The van der Waals surface area contributed by atoms with Crippen LogP contribution in [0.1, 0.15) is 66.7 Å². The lowest BCUT2D eigenvalue weighted by Gasteiger charge is -2.20. The summed E-state index contributed by atoms with van der Waals surface area (Å²) in [5.74, 6) is -0.478. The van der Waals surface area contributed by atoms with Crippen molar-refractivity contribution < 1.29 is 19.1 Å². The molecule has 0 saturated carbocycles. The number of carbonyl (C=O) groups is 2. The minimum atomic E-state index is -0.332. The fourth-order valence-electron chi connectivity index (χ4n) is 2.03. The van der Waals surface area contributed by atoms with Crippen molar-refractivity contribution >= 4 is 11.9 Å². The third-order valence-corrected chi connectivity index (χ3v) is 3.79. The predicted molar refractivity (Wildman–Crippen MR) is 79.3 cm³/mol. The van der Waals surface area contributed by atoms with E-state index in [1.165, 1.54) is 0 Å². The summed E-state index contributed by atoms with van der Waals surface area (Å²) < 4.78 is 10.7. The average Bonchev–Trinajstić information content (AvgIpc) is 2.45. The summed E-state index contributed by atoms with van der Waals surface area (Å²) in [6.45, 7) is 9.99. The zero-order valence-corrected chi connectivity index (χ0v) is 13.6. The van der Waals surface area contributed by atoms with Crippen molar-refractivity contribution in [3.05, 3.63) is 0 Å². The number of carbonyl (C=O) groups excluding carboxylic acids is 2. The van der Waals surface area contributed by atoms with Gasteiger partial charge in [0, 0.05) is 0 Å². The molecular formula is C16H30O4. The van der Waals surface area contributed by atoms with Crippen molar-refractivity contribution in [3.63, 3.8) is 0 Å². The minimum absolute atomic E-state index is 0.0535. The van der Waals surface area contributed by atoms with Crippen LogP contribution < -0.4 is 0 Å². The molecule has 0 aromatic rings. The standard InChI is InChI=1S/C16H30O4/c1-6-12(7-2)15(17)19-11-14(10-5)20-16(18)13(8-3)9-4/h12-14H,6-11H2,1-5H3. The van der Waals surface area contributed by atoms with Gasteiger partial charge in [0.05, 0.1) is 11.8 Å². The van der Waals surface area contributed by atoms with Gasteiger partial charge in [-0.25, -0.2) is 0 Å². The van der Waals surface area contributed by atoms with Crippen LogP contribution in [0.3, 0.4) is 0 Å². The third-order valence-electron chi connectivity index (χ3n) is 3.79. The maximum Gasteiger partial charge on any atom is 0.309 e. The highest BCUT2D eigenvalue weighted by Gasteiger charge is 2.22. The van der Waals surface area contributed by atoms with Gasteiger partial charge < -0.3 is 9.47 Å². The zero-order chi connectivity index (χ0) is 15.5. The van der Waals surface area contributed by atoms with E-state index in [1.54, 1.807) is 0 Å². The summed E-state index contributed by atoms with van der Waals surface area (Å²) in [5.41, 5.74) is 0. The van der Waals surface area contributed by atoms with Gasteiger partial charge in [0.15, 0.2) is 0 Å². The smallest absolute Gasteiger partial charge is 0.309 e. The Balaban J connectivity index is 4.28. The SMILES string of the molecule is CCC(COC(=O)C(CC)CC)OC(=O)C(CC)CC. The first-order chi connectivity index (χ1) is 9.53. The second-order valence-electron chi connectivity index (χ2n) is 5.12. The molecular weight excluding hydrogens is 256 g/mol. The van der Waals surface area contributed by atoms with E-state index in [9.17, 15) is 9.59 Å². The van der Waals surface area contributed by atoms with Crippen LogP contribution in [0, 0.1) is 11.8 Å². The molecule has 118 valence electrons. The van der Waals surface area contributed by atoms with Gasteiger partial charge in [-0.15, -0.1) is 0 Å². The molecule has 0 aliphatic rings. The fourth-order valence-corrected chi connectivity index (χ4v) is 2.03. The van der Waals surface area contributed by atoms with Crippen LogP contribution in [0.5, 0.6) is 0 Å². The number of rotatable bonds is 10. The Kier molecular flexibility index (Phi) is 10.1. The van der Waals surface area contributed by atoms with Crippen LogP contribution in [0.15, 0.2) is 0 Å². The summed E-state index contributed by atoms with van der Waals surface area (Å²) in [6.07, 6.45) is 3.43. The summed E-state index contributed by atoms with van der Waals surface area (Å²) in [5, 5.41) is 0. The van der Waals surface area contributed by atoms with Crippen molar-refractivity contribution in [1.82, 2.24) is 0 Å². The van der Waals surface area contributed by atoms with Gasteiger partial charge >= 0.3 is 11.9 Å². The van der Waals surface area contributed by atoms with Crippen LogP contribution in [-0.2, 0) is 19.1 Å². The quantitative estimate of drug-likeness (QED) is 0.574. The molecule has 0 saturated heterocycles. The first-order valence-corrected chi connectivity index (χ1v) is 7.90. The van der Waals surface area contributed by atoms with E-state index in [-0.39, 0.29) is 36.5 Å². The lowest BCUT2D eigenvalue weighted by molar-refractivity contribution is -0.164. The van der Waals surface area contributed by atoms with Crippen molar-refractivity contribution in [3.8, 4) is 0 Å². The Morgan fingerprint density at radius 3 is 1.60 bits per heavy atom. The van der Waals surface area contributed by atoms with E-state index in [0.29, 0.717) is 6.42 Å². The molecule has 0 fully saturated rings. The van der Waals surface area contributed by atoms with Gasteiger partial charge in [0.2, 0.25) is 0 Å². The highest BCUT2D eigenvalue weighted by atomic mass is 16.6. The zero-order valence-electron chi connectivity index (χ0n) is 13.6. The molecule has 0 aromatic heterocycles. The lowest BCUT2D eigenvalue weighted by atomic mass is 10.0. The fraction of sp³-hybridized carbons (Fsp3) is 0.875. The topological polar surface area (TPSA) is 52.6 Å². The number of esters is 2. The van der Waals surface area contributed by atoms with Crippen LogP contribution in [0.2, 0.25) is 0 Å². The van der Waals surface area contributed by atoms with Crippen molar-refractivity contribution in [2.45, 2.75) is 72.8 Å². The van der Waals surface area contributed by atoms with E-state index < -0.39 is 0 Å². The van der Waals surface area contributed by atoms with Crippen molar-refractivity contribution in [2.75, 3.05) is 6.61 Å². The van der Waals surface area contributed by atoms with E-state index in [2.05, 4.69) is 0 Å². The Morgan fingerprint density at radius 2 is 1.20 bits per heavy atom.